The van der Waals surface area contributed by atoms with Crippen LogP contribution in [0.15, 0.2) is 47.3 Å². The van der Waals surface area contributed by atoms with Crippen LogP contribution in [-0.4, -0.2) is 23.7 Å². The van der Waals surface area contributed by atoms with Crippen LogP contribution >= 0.6 is 0 Å². The molecule has 5 heteroatoms. The fourth-order valence-corrected chi connectivity index (χ4v) is 2.12. The molecule has 22 heavy (non-hydrogen) atoms. The summed E-state index contributed by atoms with van der Waals surface area (Å²) in [7, 11) is 0. The number of hydrogen-bond donors (Lipinski definition) is 1. The molecule has 0 aliphatic carbocycles. The monoisotopic (exact) mass is 301 g/mol. The van der Waals surface area contributed by atoms with Gasteiger partial charge in [0.2, 0.25) is 0 Å². The Morgan fingerprint density at radius 1 is 1.23 bits per heavy atom. The van der Waals surface area contributed by atoms with E-state index in [4.69, 9.17) is 9.47 Å². The van der Waals surface area contributed by atoms with E-state index in [2.05, 4.69) is 4.98 Å². The lowest BCUT2D eigenvalue weighted by molar-refractivity contribution is 0.0518. The number of esters is 1. The van der Waals surface area contributed by atoms with Crippen molar-refractivity contribution in [3.05, 3.63) is 64.1 Å². The molecule has 1 heterocycles. The van der Waals surface area contributed by atoms with Gasteiger partial charge in [-0.1, -0.05) is 30.3 Å². The second-order valence-electron chi connectivity index (χ2n) is 4.93. The summed E-state index contributed by atoms with van der Waals surface area (Å²) in [4.78, 5) is 25.7. The molecule has 1 aromatic heterocycles. The Kier molecular flexibility index (Phi) is 5.36. The lowest BCUT2D eigenvalue weighted by Crippen LogP contribution is -2.19. The molecule has 5 nitrogen and oxygen atoms in total. The quantitative estimate of drug-likeness (QED) is 0.833. The largest absolute Gasteiger partial charge is 0.490 e. The minimum absolute atomic E-state index is 0.0938. The van der Waals surface area contributed by atoms with Crippen molar-refractivity contribution in [1.29, 1.82) is 0 Å². The van der Waals surface area contributed by atoms with E-state index < -0.39 is 11.5 Å². The van der Waals surface area contributed by atoms with Crippen molar-refractivity contribution in [3.8, 4) is 5.75 Å². The first-order chi connectivity index (χ1) is 10.6. The highest BCUT2D eigenvalue weighted by Crippen LogP contribution is 2.14. The molecule has 0 radical (unpaired) electrons. The molecule has 0 aliphatic heterocycles. The molecule has 116 valence electrons. The predicted octanol–water partition coefficient (Wildman–Crippen LogP) is 2.56. The van der Waals surface area contributed by atoms with Crippen LogP contribution in [0.25, 0.3) is 0 Å². The number of nitrogens with one attached hydrogen (secondary N) is 1. The zero-order valence-corrected chi connectivity index (χ0v) is 12.7. The Morgan fingerprint density at radius 3 is 2.64 bits per heavy atom. The van der Waals surface area contributed by atoms with E-state index in [9.17, 15) is 9.59 Å². The number of aromatic nitrogens is 1. The van der Waals surface area contributed by atoms with Crippen molar-refractivity contribution in [2.75, 3.05) is 6.61 Å². The average molecular weight is 301 g/mol. The van der Waals surface area contributed by atoms with E-state index in [1.165, 1.54) is 12.1 Å². The minimum atomic E-state index is -0.569. The first-order valence-corrected chi connectivity index (χ1v) is 7.20. The third-order valence-corrected chi connectivity index (χ3v) is 3.02. The second-order valence-corrected chi connectivity index (χ2v) is 4.93. The zero-order chi connectivity index (χ0) is 15.9. The molecule has 0 unspecified atom stereocenters. The fourth-order valence-electron chi connectivity index (χ4n) is 2.12. The van der Waals surface area contributed by atoms with E-state index >= 15 is 0 Å². The molecule has 0 amide bonds. The number of pyridine rings is 1. The number of hydrogen-bond acceptors (Lipinski definition) is 4. The molecule has 0 spiro atoms. The predicted molar refractivity (Wildman–Crippen MR) is 83.3 cm³/mol. The van der Waals surface area contributed by atoms with E-state index in [-0.39, 0.29) is 18.4 Å². The second kappa shape index (κ2) is 7.45. The van der Waals surface area contributed by atoms with Gasteiger partial charge in [0, 0.05) is 18.6 Å². The highest BCUT2D eigenvalue weighted by molar-refractivity contribution is 5.87. The normalized spacial score (nSPS) is 11.7. The van der Waals surface area contributed by atoms with E-state index in [0.717, 1.165) is 5.56 Å². The van der Waals surface area contributed by atoms with Crippen molar-refractivity contribution in [2.24, 2.45) is 0 Å². The number of carbonyl (C=O) groups is 1. The number of rotatable bonds is 6. The van der Waals surface area contributed by atoms with Crippen LogP contribution in [0.5, 0.6) is 5.75 Å². The summed E-state index contributed by atoms with van der Waals surface area (Å²) in [6.07, 6.45) is 0.585. The van der Waals surface area contributed by atoms with E-state index in [1.807, 2.05) is 37.3 Å². The van der Waals surface area contributed by atoms with Crippen molar-refractivity contribution >= 4 is 5.97 Å². The number of ether oxygens (including phenoxy) is 2. The molecule has 0 fully saturated rings. The number of H-pyrrole nitrogens is 1. The summed E-state index contributed by atoms with van der Waals surface area (Å²) < 4.78 is 10.6. The van der Waals surface area contributed by atoms with Crippen LogP contribution in [0.2, 0.25) is 0 Å². The van der Waals surface area contributed by atoms with Crippen LogP contribution < -0.4 is 10.3 Å². The maximum Gasteiger partial charge on any atom is 0.354 e. The highest BCUT2D eigenvalue weighted by atomic mass is 16.5. The smallest absolute Gasteiger partial charge is 0.354 e. The van der Waals surface area contributed by atoms with Crippen LogP contribution in [0, 0.1) is 0 Å². The van der Waals surface area contributed by atoms with Crippen LogP contribution in [0.4, 0.5) is 0 Å². The van der Waals surface area contributed by atoms with Gasteiger partial charge in [0.05, 0.1) is 12.7 Å². The summed E-state index contributed by atoms with van der Waals surface area (Å²) >= 11 is 0. The Hall–Kier alpha value is -2.56. The van der Waals surface area contributed by atoms with E-state index in [1.54, 1.807) is 6.92 Å². The Bertz CT molecular complexity index is 679. The number of aromatic amines is 1. The summed E-state index contributed by atoms with van der Waals surface area (Å²) in [5.41, 5.74) is 0.842. The maximum absolute atomic E-state index is 11.7. The highest BCUT2D eigenvalue weighted by Gasteiger charge is 2.12. The average Bonchev–Trinajstić information content (AvgIpc) is 2.47. The third kappa shape index (κ3) is 4.48. The zero-order valence-electron chi connectivity index (χ0n) is 12.7. The lowest BCUT2D eigenvalue weighted by atomic mass is 10.1. The SMILES string of the molecule is CCOC(=O)c1cc(O[C@@H](C)Cc2ccccc2)cc(=O)[nH]1. The van der Waals surface area contributed by atoms with Gasteiger partial charge in [0.1, 0.15) is 11.4 Å². The van der Waals surface area contributed by atoms with Gasteiger partial charge in [0.15, 0.2) is 0 Å². The fraction of sp³-hybridized carbons (Fsp3) is 0.294. The Labute approximate surface area is 128 Å². The molecule has 0 saturated heterocycles. The molecular weight excluding hydrogens is 282 g/mol. The molecule has 2 aromatic rings. The standard InChI is InChI=1S/C17H19NO4/c1-3-21-17(20)15-10-14(11-16(19)18-15)22-12(2)9-13-7-5-4-6-8-13/h4-8,10-12H,3,9H2,1-2H3,(H,18,19)/t12-/m0/s1. The molecule has 1 N–H and O–H groups in total. The molecule has 1 aromatic carbocycles. The van der Waals surface area contributed by atoms with Crippen molar-refractivity contribution in [2.45, 2.75) is 26.4 Å². The number of carbonyl (C=O) groups excluding carboxylic acids is 1. The van der Waals surface area contributed by atoms with Crippen molar-refractivity contribution in [3.63, 3.8) is 0 Å². The molecule has 2 rings (SSSR count). The van der Waals surface area contributed by atoms with Gasteiger partial charge >= 0.3 is 5.97 Å². The van der Waals surface area contributed by atoms with Gasteiger partial charge in [0.25, 0.3) is 5.56 Å². The Morgan fingerprint density at radius 2 is 1.95 bits per heavy atom. The molecule has 0 saturated carbocycles. The van der Waals surface area contributed by atoms with Crippen molar-refractivity contribution < 1.29 is 14.3 Å². The maximum atomic E-state index is 11.7. The first kappa shape index (κ1) is 15.8. The first-order valence-electron chi connectivity index (χ1n) is 7.20. The molecular formula is C17H19NO4. The van der Waals surface area contributed by atoms with Gasteiger partial charge in [-0.25, -0.2) is 4.79 Å². The van der Waals surface area contributed by atoms with Crippen LogP contribution in [-0.2, 0) is 11.2 Å². The molecule has 0 bridgehead atoms. The lowest BCUT2D eigenvalue weighted by Gasteiger charge is -2.15. The van der Waals surface area contributed by atoms with Gasteiger partial charge < -0.3 is 14.5 Å². The van der Waals surface area contributed by atoms with Gasteiger partial charge in [-0.3, -0.25) is 4.79 Å². The topological polar surface area (TPSA) is 68.4 Å². The van der Waals surface area contributed by atoms with E-state index in [0.29, 0.717) is 12.2 Å². The van der Waals surface area contributed by atoms with Crippen molar-refractivity contribution in [1.82, 2.24) is 4.98 Å². The van der Waals surface area contributed by atoms with Crippen LogP contribution in [0.3, 0.4) is 0 Å². The summed E-state index contributed by atoms with van der Waals surface area (Å²) in [5, 5.41) is 0. The summed E-state index contributed by atoms with van der Waals surface area (Å²) in [6.45, 7) is 3.87. The summed E-state index contributed by atoms with van der Waals surface area (Å²) in [6, 6.07) is 12.7. The third-order valence-electron chi connectivity index (χ3n) is 3.02. The minimum Gasteiger partial charge on any atom is -0.490 e. The van der Waals surface area contributed by atoms with Gasteiger partial charge in [-0.05, 0) is 19.4 Å². The van der Waals surface area contributed by atoms with Gasteiger partial charge in [-0.2, -0.15) is 0 Å². The van der Waals surface area contributed by atoms with Gasteiger partial charge in [-0.15, -0.1) is 0 Å². The summed E-state index contributed by atoms with van der Waals surface area (Å²) in [5.74, 6) is -0.212. The molecule has 1 atom stereocenters. The molecule has 0 aliphatic rings. The Balaban J connectivity index is 2.09. The van der Waals surface area contributed by atoms with Crippen LogP contribution in [0.1, 0.15) is 29.9 Å². The number of benzene rings is 1.